The Morgan fingerprint density at radius 3 is 2.96 bits per heavy atom. The van der Waals surface area contributed by atoms with Crippen molar-refractivity contribution in [1.29, 1.82) is 5.41 Å². The van der Waals surface area contributed by atoms with Crippen LogP contribution in [0.15, 0.2) is 57.6 Å². The number of halogens is 1. The molecule has 0 aliphatic carbocycles. The third-order valence-corrected chi connectivity index (χ3v) is 5.05. The van der Waals surface area contributed by atoms with E-state index in [0.717, 1.165) is 12.2 Å². The molecule has 2 aromatic rings. The lowest BCUT2D eigenvalue weighted by molar-refractivity contribution is 0.651. The number of benzene rings is 2. The molecular weight excluding hydrogens is 328 g/mol. The fourth-order valence-corrected chi connectivity index (χ4v) is 3.73. The zero-order valence-electron chi connectivity index (χ0n) is 12.7. The number of hydrogen-bond donors (Lipinski definition) is 2. The Balaban J connectivity index is 1.73. The molecule has 1 atom stereocenters. The number of hydrogen-bond acceptors (Lipinski definition) is 3. The maximum absolute atomic E-state index is 7.93. The molecule has 0 spiro atoms. The van der Waals surface area contributed by atoms with Gasteiger partial charge in [0.2, 0.25) is 5.96 Å². The normalized spacial score (nSPS) is 17.0. The quantitative estimate of drug-likeness (QED) is 0.418. The summed E-state index contributed by atoms with van der Waals surface area (Å²) in [4.78, 5) is 1.26. The van der Waals surface area contributed by atoms with Gasteiger partial charge < -0.3 is 5.32 Å². The van der Waals surface area contributed by atoms with Crippen LogP contribution in [0.4, 0.5) is 5.69 Å². The van der Waals surface area contributed by atoms with Crippen LogP contribution in [0, 0.1) is 12.3 Å². The third kappa shape index (κ3) is 3.92. The highest BCUT2D eigenvalue weighted by Crippen LogP contribution is 2.38. The first-order valence-electron chi connectivity index (χ1n) is 7.38. The lowest BCUT2D eigenvalue weighted by atomic mass is 10.0. The molecule has 2 N–H and O–H groups in total. The van der Waals surface area contributed by atoms with Crippen LogP contribution in [0.5, 0.6) is 0 Å². The predicted octanol–water partition coefficient (Wildman–Crippen LogP) is 5.68. The Bertz CT molecular complexity index is 760. The molecule has 0 saturated heterocycles. The van der Waals surface area contributed by atoms with Crippen molar-refractivity contribution in [1.82, 2.24) is 0 Å². The van der Waals surface area contributed by atoms with E-state index < -0.39 is 0 Å². The zero-order chi connectivity index (χ0) is 16.2. The molecule has 1 aliphatic rings. The Labute approximate surface area is 144 Å². The fourth-order valence-electron chi connectivity index (χ4n) is 2.46. The second-order valence-electron chi connectivity index (χ2n) is 5.36. The van der Waals surface area contributed by atoms with Crippen molar-refractivity contribution < 1.29 is 0 Å². The maximum Gasteiger partial charge on any atom is 0.239 e. The number of fused-ring (bicyclic) bond motifs is 1. The maximum atomic E-state index is 7.93. The van der Waals surface area contributed by atoms with Crippen LogP contribution in [0.1, 0.15) is 23.6 Å². The van der Waals surface area contributed by atoms with E-state index in [1.54, 1.807) is 6.07 Å². The number of para-hydroxylation sites is 1. The minimum absolute atomic E-state index is 0.00877. The van der Waals surface area contributed by atoms with Crippen molar-refractivity contribution in [3.05, 3.63) is 58.6 Å². The Hall–Kier alpha value is -1.85. The fraction of sp³-hybridized carbons (Fsp3) is 0.235. The minimum Gasteiger partial charge on any atom is -0.322 e. The van der Waals surface area contributed by atoms with Gasteiger partial charge in [-0.1, -0.05) is 41.4 Å². The molecule has 0 fully saturated rings. The van der Waals surface area contributed by atoms with Crippen LogP contribution >= 0.6 is 23.4 Å². The van der Waals surface area contributed by atoms with Gasteiger partial charge in [0.25, 0.3) is 0 Å². The van der Waals surface area contributed by atoms with Gasteiger partial charge in [0.05, 0.1) is 16.8 Å². The number of nitrogens with zero attached hydrogens (tertiary/aromatic N) is 2. The first-order chi connectivity index (χ1) is 11.1. The first-order valence-corrected chi connectivity index (χ1v) is 8.74. The van der Waals surface area contributed by atoms with E-state index in [2.05, 4.69) is 40.7 Å². The summed E-state index contributed by atoms with van der Waals surface area (Å²) in [6, 6.07) is 13.7. The summed E-state index contributed by atoms with van der Waals surface area (Å²) in [6.45, 7) is 2.08. The van der Waals surface area contributed by atoms with Gasteiger partial charge in [-0.3, -0.25) is 5.41 Å². The smallest absolute Gasteiger partial charge is 0.239 e. The van der Waals surface area contributed by atoms with Crippen LogP contribution < -0.4 is 5.32 Å². The highest BCUT2D eigenvalue weighted by atomic mass is 35.5. The van der Waals surface area contributed by atoms with Crippen molar-refractivity contribution in [2.75, 3.05) is 11.1 Å². The van der Waals surface area contributed by atoms with Crippen LogP contribution in [0.3, 0.4) is 0 Å². The summed E-state index contributed by atoms with van der Waals surface area (Å²) in [5.74, 6) is 1.01. The van der Waals surface area contributed by atoms with E-state index in [1.165, 1.54) is 16.0 Å². The Kier molecular flexibility index (Phi) is 4.98. The van der Waals surface area contributed by atoms with E-state index in [0.29, 0.717) is 10.7 Å². The minimum atomic E-state index is -0.00877. The van der Waals surface area contributed by atoms with Gasteiger partial charge in [0.15, 0.2) is 0 Å². The van der Waals surface area contributed by atoms with Gasteiger partial charge in [-0.05, 0) is 37.1 Å². The van der Waals surface area contributed by atoms with Crippen molar-refractivity contribution in [2.45, 2.75) is 24.3 Å². The summed E-state index contributed by atoms with van der Waals surface area (Å²) in [5, 5.41) is 19.8. The predicted molar refractivity (Wildman–Crippen MR) is 96.9 cm³/mol. The Morgan fingerprint density at radius 2 is 2.13 bits per heavy atom. The highest BCUT2D eigenvalue weighted by Gasteiger charge is 2.20. The SMILES string of the molecule is Cc1ccc2c(c1)C(N=NC(=N)Nc1ccccc1Cl)CCS2. The molecule has 0 bridgehead atoms. The molecule has 0 radical (unpaired) electrons. The summed E-state index contributed by atoms with van der Waals surface area (Å²) in [6.07, 6.45) is 0.935. The van der Waals surface area contributed by atoms with Crippen molar-refractivity contribution >= 4 is 35.0 Å². The number of guanidine groups is 1. The summed E-state index contributed by atoms with van der Waals surface area (Å²) >= 11 is 7.92. The van der Waals surface area contributed by atoms with Crippen LogP contribution in [0.25, 0.3) is 0 Å². The molecule has 1 aliphatic heterocycles. The van der Waals surface area contributed by atoms with Crippen molar-refractivity contribution in [2.24, 2.45) is 10.2 Å². The second kappa shape index (κ2) is 7.15. The molecule has 3 rings (SSSR count). The second-order valence-corrected chi connectivity index (χ2v) is 6.91. The van der Waals surface area contributed by atoms with Gasteiger partial charge >= 0.3 is 0 Å². The molecular formula is C17H17ClN4S. The van der Waals surface area contributed by atoms with Crippen LogP contribution in [0.2, 0.25) is 5.02 Å². The topological polar surface area (TPSA) is 60.6 Å². The number of aryl methyl sites for hydroxylation is 1. The van der Waals surface area contributed by atoms with E-state index >= 15 is 0 Å². The van der Waals surface area contributed by atoms with Crippen molar-refractivity contribution in [3.63, 3.8) is 0 Å². The summed E-state index contributed by atoms with van der Waals surface area (Å²) in [5.41, 5.74) is 3.08. The molecule has 0 aromatic heterocycles. The largest absolute Gasteiger partial charge is 0.322 e. The third-order valence-electron chi connectivity index (χ3n) is 3.60. The molecule has 118 valence electrons. The molecule has 2 aromatic carbocycles. The molecule has 1 unspecified atom stereocenters. The number of nitrogens with one attached hydrogen (secondary N) is 2. The van der Waals surface area contributed by atoms with Gasteiger partial charge in [0.1, 0.15) is 0 Å². The number of azo groups is 1. The molecule has 23 heavy (non-hydrogen) atoms. The van der Waals surface area contributed by atoms with Gasteiger partial charge in [0, 0.05) is 10.6 Å². The van der Waals surface area contributed by atoms with Crippen molar-refractivity contribution in [3.8, 4) is 0 Å². The average molecular weight is 345 g/mol. The molecule has 0 saturated carbocycles. The average Bonchev–Trinajstić information content (AvgIpc) is 2.55. The van der Waals surface area contributed by atoms with Crippen LogP contribution in [-0.2, 0) is 0 Å². The molecule has 1 heterocycles. The monoisotopic (exact) mass is 344 g/mol. The van der Waals surface area contributed by atoms with E-state index in [-0.39, 0.29) is 12.0 Å². The highest BCUT2D eigenvalue weighted by molar-refractivity contribution is 7.99. The summed E-state index contributed by atoms with van der Waals surface area (Å²) < 4.78 is 0. The molecule has 0 amide bonds. The number of thioether (sulfide) groups is 1. The number of rotatable bonds is 2. The van der Waals surface area contributed by atoms with Crippen LogP contribution in [-0.4, -0.2) is 11.7 Å². The van der Waals surface area contributed by atoms with E-state index in [9.17, 15) is 0 Å². The van der Waals surface area contributed by atoms with Gasteiger partial charge in [-0.2, -0.15) is 5.11 Å². The first kappa shape index (κ1) is 16.0. The molecule has 6 heteroatoms. The van der Waals surface area contributed by atoms with E-state index in [4.69, 9.17) is 17.0 Å². The molecule has 4 nitrogen and oxygen atoms in total. The Morgan fingerprint density at radius 1 is 1.30 bits per heavy atom. The lowest BCUT2D eigenvalue weighted by Gasteiger charge is -2.21. The standard InChI is InChI=1S/C17H17ClN4S/c1-11-6-7-16-12(10-11)14(8-9-23-16)21-22-17(19)20-15-5-3-2-4-13(15)18/h2-7,10,14H,8-9H2,1H3,(H2,19,20). The summed E-state index contributed by atoms with van der Waals surface area (Å²) in [7, 11) is 0. The van der Waals surface area contributed by atoms with Gasteiger partial charge in [-0.15, -0.1) is 16.9 Å². The van der Waals surface area contributed by atoms with E-state index in [1.807, 2.05) is 30.0 Å². The van der Waals surface area contributed by atoms with Gasteiger partial charge in [-0.25, -0.2) is 0 Å². The lowest BCUT2D eigenvalue weighted by Crippen LogP contribution is -2.09. The number of anilines is 1. The zero-order valence-corrected chi connectivity index (χ0v) is 14.3.